The van der Waals surface area contributed by atoms with Crippen LogP contribution < -0.4 is 18.9 Å². The van der Waals surface area contributed by atoms with Gasteiger partial charge in [-0.05, 0) is 189 Å². The molecule has 0 aliphatic rings. The van der Waals surface area contributed by atoms with E-state index in [1.54, 1.807) is 26.4 Å². The van der Waals surface area contributed by atoms with Crippen LogP contribution in [0.1, 0.15) is 54.1 Å². The number of carbonyl (C=O) groups excluding carboxylic acids is 1. The molecule has 0 amide bonds. The molecule has 19 heteroatoms. The van der Waals surface area contributed by atoms with Crippen molar-refractivity contribution in [1.82, 2.24) is 0 Å². The van der Waals surface area contributed by atoms with Crippen LogP contribution in [0.4, 0.5) is 4.39 Å². The zero-order chi connectivity index (χ0) is 46.3. The van der Waals surface area contributed by atoms with Gasteiger partial charge >= 0.3 is 5.97 Å². The summed E-state index contributed by atoms with van der Waals surface area (Å²) in [7, 11) is 10.4. The van der Waals surface area contributed by atoms with E-state index >= 15 is 0 Å². The average Bonchev–Trinajstić information content (AvgIpc) is 3.18. The Morgan fingerprint density at radius 2 is 0.883 bits per heavy atom. The van der Waals surface area contributed by atoms with Gasteiger partial charge in [0.2, 0.25) is 0 Å². The Morgan fingerprint density at radius 1 is 0.567 bits per heavy atom. The van der Waals surface area contributed by atoms with Crippen molar-refractivity contribution in [2.24, 2.45) is 10.3 Å². The van der Waals surface area contributed by atoms with Crippen molar-refractivity contribution >= 4 is 136 Å². The fourth-order valence-corrected chi connectivity index (χ4v) is 8.47. The number of methoxy groups -OCH3 is 5. The number of ketones is 1. The average molecular weight is 1330 g/mol. The zero-order valence-corrected chi connectivity index (χ0v) is 45.1. The molecule has 0 saturated carbocycles. The molecular weight excluding hydrogens is 1280 g/mol. The minimum absolute atomic E-state index is 0.0593. The SMILES string of the molecule is CCl.CO/N=C(\Cl)c1cc(I)cc(C)c1OC.CO/N=C(\F)c1cc(I)cc(C)c1OC.COCC(=O)c1cc(I)cc(C)c1OC.COc1c(C)cc(I)cc1C(=O)O. The van der Waals surface area contributed by atoms with Gasteiger partial charge in [0.1, 0.15) is 49.4 Å². The third kappa shape index (κ3) is 18.5. The second-order valence-electron chi connectivity index (χ2n) is 11.5. The molecule has 0 bridgehead atoms. The van der Waals surface area contributed by atoms with Gasteiger partial charge in [-0.25, -0.2) is 4.79 Å². The molecule has 4 rings (SSSR count). The van der Waals surface area contributed by atoms with Crippen LogP contribution in [0.2, 0.25) is 0 Å². The number of alkyl halides is 1. The van der Waals surface area contributed by atoms with Gasteiger partial charge in [0.25, 0.3) is 5.97 Å². The van der Waals surface area contributed by atoms with Crippen molar-refractivity contribution in [2.75, 3.05) is 62.8 Å². The van der Waals surface area contributed by atoms with Crippen LogP contribution in [-0.2, 0) is 14.4 Å². The number of rotatable bonds is 12. The number of benzene rings is 4. The third-order valence-corrected chi connectivity index (χ3v) is 10.1. The minimum atomic E-state index is -0.960. The van der Waals surface area contributed by atoms with Crippen LogP contribution in [0, 0.1) is 42.0 Å². The summed E-state index contributed by atoms with van der Waals surface area (Å²) in [5, 5.41) is 16.1. The first kappa shape index (κ1) is 57.5. The highest BCUT2D eigenvalue weighted by Gasteiger charge is 2.17. The Morgan fingerprint density at radius 3 is 1.23 bits per heavy atom. The lowest BCUT2D eigenvalue weighted by atomic mass is 10.1. The normalized spacial score (nSPS) is 10.4. The molecule has 4 aromatic carbocycles. The Balaban J connectivity index is 0.000000763. The van der Waals surface area contributed by atoms with Crippen molar-refractivity contribution in [3.63, 3.8) is 0 Å². The van der Waals surface area contributed by atoms with Crippen LogP contribution in [0.25, 0.3) is 0 Å². The van der Waals surface area contributed by atoms with E-state index in [1.807, 2.05) is 64.1 Å². The highest BCUT2D eigenvalue weighted by molar-refractivity contribution is 14.1. The number of Topliss-reactive ketones (excluding diaryl/α,β-unsaturated/α-hetero) is 1. The minimum Gasteiger partial charge on any atom is -0.496 e. The first-order valence-corrected chi connectivity index (χ1v) is 22.3. The van der Waals surface area contributed by atoms with Gasteiger partial charge in [0.15, 0.2) is 11.0 Å². The quantitative estimate of drug-likeness (QED) is 0.0479. The van der Waals surface area contributed by atoms with Crippen LogP contribution >= 0.6 is 114 Å². The molecule has 0 unspecified atom stereocenters. The van der Waals surface area contributed by atoms with Gasteiger partial charge in [-0.3, -0.25) is 4.79 Å². The number of nitrogens with zero attached hydrogens (tertiary/aromatic N) is 2. The summed E-state index contributed by atoms with van der Waals surface area (Å²) < 4.78 is 42.8. The predicted molar refractivity (Wildman–Crippen MR) is 271 cm³/mol. The largest absolute Gasteiger partial charge is 0.496 e. The number of hydrogen-bond acceptors (Lipinski definition) is 11. The topological polar surface area (TPSA) is 144 Å². The number of oxime groups is 2. The number of hydrogen-bond donors (Lipinski definition) is 1. The van der Waals surface area contributed by atoms with E-state index in [9.17, 15) is 14.0 Å². The van der Waals surface area contributed by atoms with Crippen molar-refractivity contribution < 1.29 is 52.4 Å². The second-order valence-corrected chi connectivity index (χ2v) is 16.8. The van der Waals surface area contributed by atoms with E-state index in [2.05, 4.69) is 122 Å². The molecule has 0 aliphatic heterocycles. The third-order valence-electron chi connectivity index (χ3n) is 7.37. The van der Waals surface area contributed by atoms with Gasteiger partial charge in [-0.1, -0.05) is 21.9 Å². The van der Waals surface area contributed by atoms with E-state index in [0.29, 0.717) is 28.4 Å². The summed E-state index contributed by atoms with van der Waals surface area (Å²) in [4.78, 5) is 31.5. The molecule has 0 aromatic heterocycles. The summed E-state index contributed by atoms with van der Waals surface area (Å²) in [6.07, 6.45) is 1.47. The number of carboxylic acids is 1. The van der Waals surface area contributed by atoms with Crippen LogP contribution in [0.3, 0.4) is 0 Å². The first-order valence-electron chi connectivity index (χ1n) is 16.9. The summed E-state index contributed by atoms with van der Waals surface area (Å²) in [6, 6.07) is 14.7. The number of aryl methyl sites for hydroxylation is 4. The van der Waals surface area contributed by atoms with Crippen molar-refractivity contribution in [1.29, 1.82) is 0 Å². The summed E-state index contributed by atoms with van der Waals surface area (Å²) in [5.41, 5.74) is 5.53. The lowest BCUT2D eigenvalue weighted by Gasteiger charge is -2.10. The molecule has 0 spiro atoms. The van der Waals surface area contributed by atoms with Crippen LogP contribution in [-0.4, -0.2) is 90.8 Å². The number of ether oxygens (including phenoxy) is 5. The zero-order valence-electron chi connectivity index (χ0n) is 35.0. The maximum Gasteiger partial charge on any atom is 0.339 e. The Hall–Kier alpha value is -2.45. The van der Waals surface area contributed by atoms with Gasteiger partial charge in [0.05, 0.1) is 45.1 Å². The van der Waals surface area contributed by atoms with Crippen molar-refractivity contribution in [2.45, 2.75) is 27.7 Å². The Bertz CT molecular complexity index is 2030. The lowest BCUT2D eigenvalue weighted by Crippen LogP contribution is -2.10. The summed E-state index contributed by atoms with van der Waals surface area (Å²) in [6.45, 7) is 7.64. The molecule has 0 radical (unpaired) electrons. The fraction of sp³-hybridized carbons (Fsp3) is 0.317. The molecule has 1 N–H and O–H groups in total. The molecular formula is C41H47Cl2FI4N2O10. The van der Waals surface area contributed by atoms with Gasteiger partial charge in [0, 0.05) is 27.8 Å². The maximum absolute atomic E-state index is 13.5. The molecule has 60 heavy (non-hydrogen) atoms. The molecule has 330 valence electrons. The van der Waals surface area contributed by atoms with Crippen LogP contribution in [0.5, 0.6) is 23.0 Å². The number of carbonyl (C=O) groups is 2. The molecule has 0 fully saturated rings. The predicted octanol–water partition coefficient (Wildman–Crippen LogP) is 11.6. The van der Waals surface area contributed by atoms with E-state index in [-0.39, 0.29) is 23.1 Å². The number of aromatic carboxylic acids is 1. The first-order chi connectivity index (χ1) is 28.3. The van der Waals surface area contributed by atoms with E-state index < -0.39 is 11.9 Å². The smallest absolute Gasteiger partial charge is 0.339 e. The van der Waals surface area contributed by atoms with Crippen molar-refractivity contribution in [3.05, 3.63) is 107 Å². The Labute approximate surface area is 415 Å². The van der Waals surface area contributed by atoms with Gasteiger partial charge in [-0.2, -0.15) is 4.39 Å². The van der Waals surface area contributed by atoms with Crippen LogP contribution in [0.15, 0.2) is 58.8 Å². The van der Waals surface area contributed by atoms with Gasteiger partial charge < -0.3 is 38.5 Å². The summed E-state index contributed by atoms with van der Waals surface area (Å²) >= 11 is 19.2. The molecule has 0 atom stereocenters. The lowest BCUT2D eigenvalue weighted by molar-refractivity contribution is 0.0692. The van der Waals surface area contributed by atoms with E-state index in [0.717, 1.165) is 47.8 Å². The number of carboxylic acid groups (broad SMARTS) is 1. The fourth-order valence-electron chi connectivity index (χ4n) is 5.14. The summed E-state index contributed by atoms with van der Waals surface area (Å²) in [5.74, 6) is 0.575. The Kier molecular flexibility index (Phi) is 29.3. The molecule has 4 aromatic rings. The number of halogens is 7. The molecule has 0 aliphatic carbocycles. The van der Waals surface area contributed by atoms with Crippen molar-refractivity contribution in [3.8, 4) is 23.0 Å². The molecule has 0 saturated heterocycles. The second kappa shape index (κ2) is 30.6. The maximum atomic E-state index is 13.5. The van der Waals surface area contributed by atoms with Gasteiger partial charge in [-0.15, -0.1) is 11.6 Å². The van der Waals surface area contributed by atoms with E-state index in [4.69, 9.17) is 40.4 Å². The molecule has 0 heterocycles. The highest BCUT2D eigenvalue weighted by atomic mass is 127. The standard InChI is InChI=1S/C11H13IO3.C10H11ClINO2.C10H11FINO2.C9H9IO3.CH3Cl/c1-7-4-8(12)5-9(11(7)15-3)10(13)6-14-2;2*1-6-4-7(12)5-8(9(6)14-2)10(11)13-15-3;1-5-3-6(10)4-7(9(11)12)8(5)13-2;1-2/h4-5H,6H2,1-3H3;2*4-5H,1-3H3;3-4H,1-2H3,(H,11,12);1H3/b;2*13-10-;;. The van der Waals surface area contributed by atoms with E-state index in [1.165, 1.54) is 41.9 Å². The molecule has 12 nitrogen and oxygen atoms in total. The monoisotopic (exact) mass is 1320 g/mol. The highest BCUT2D eigenvalue weighted by Crippen LogP contribution is 2.30.